The lowest BCUT2D eigenvalue weighted by Crippen LogP contribution is -2.33. The molecule has 1 saturated carbocycles. The first-order chi connectivity index (χ1) is 12.8. The van der Waals surface area contributed by atoms with E-state index in [1.54, 1.807) is 0 Å². The SMILES string of the molecule is O=C(Nc1ccccc1C(F)(F)F)c1cccc(C(=O)NC2CCCC2)n1. The summed E-state index contributed by atoms with van der Waals surface area (Å²) in [6.45, 7) is 0. The van der Waals surface area contributed by atoms with Gasteiger partial charge in [-0.25, -0.2) is 4.98 Å². The van der Waals surface area contributed by atoms with Gasteiger partial charge in [0.15, 0.2) is 0 Å². The number of amides is 2. The average Bonchev–Trinajstić information content (AvgIpc) is 3.14. The van der Waals surface area contributed by atoms with Crippen molar-refractivity contribution in [3.63, 3.8) is 0 Å². The van der Waals surface area contributed by atoms with Crippen molar-refractivity contribution in [3.05, 3.63) is 59.4 Å². The predicted octanol–water partition coefficient (Wildman–Crippen LogP) is 4.03. The van der Waals surface area contributed by atoms with Gasteiger partial charge in [0.25, 0.3) is 11.8 Å². The molecule has 5 nitrogen and oxygen atoms in total. The molecule has 0 atom stereocenters. The number of rotatable bonds is 4. The molecule has 2 aromatic rings. The second-order valence-electron chi connectivity index (χ2n) is 6.36. The van der Waals surface area contributed by atoms with Crippen molar-refractivity contribution in [2.75, 3.05) is 5.32 Å². The Hall–Kier alpha value is -2.90. The highest BCUT2D eigenvalue weighted by Gasteiger charge is 2.33. The van der Waals surface area contributed by atoms with Gasteiger partial charge in [0, 0.05) is 6.04 Å². The summed E-state index contributed by atoms with van der Waals surface area (Å²) < 4.78 is 39.1. The zero-order chi connectivity index (χ0) is 19.4. The smallest absolute Gasteiger partial charge is 0.348 e. The number of carbonyl (C=O) groups is 2. The van der Waals surface area contributed by atoms with Crippen LogP contribution in [0.25, 0.3) is 0 Å². The highest BCUT2D eigenvalue weighted by atomic mass is 19.4. The molecule has 0 unspecified atom stereocenters. The molecular weight excluding hydrogens is 359 g/mol. The van der Waals surface area contributed by atoms with Crippen LogP contribution in [0, 0.1) is 0 Å². The number of para-hydroxylation sites is 1. The van der Waals surface area contributed by atoms with Crippen molar-refractivity contribution in [3.8, 4) is 0 Å². The molecule has 0 bridgehead atoms. The van der Waals surface area contributed by atoms with Crippen LogP contribution in [-0.2, 0) is 6.18 Å². The molecule has 27 heavy (non-hydrogen) atoms. The van der Waals surface area contributed by atoms with Crippen LogP contribution < -0.4 is 10.6 Å². The Kier molecular flexibility index (Phi) is 5.43. The molecule has 0 saturated heterocycles. The molecule has 0 aliphatic heterocycles. The number of nitrogens with one attached hydrogen (secondary N) is 2. The quantitative estimate of drug-likeness (QED) is 0.845. The molecule has 0 spiro atoms. The Morgan fingerprint density at radius 1 is 0.926 bits per heavy atom. The van der Waals surface area contributed by atoms with Gasteiger partial charge < -0.3 is 10.6 Å². The Balaban J connectivity index is 1.75. The van der Waals surface area contributed by atoms with Crippen LogP contribution in [0.4, 0.5) is 18.9 Å². The first-order valence-electron chi connectivity index (χ1n) is 8.60. The molecule has 1 fully saturated rings. The van der Waals surface area contributed by atoms with E-state index in [0.717, 1.165) is 37.8 Å². The molecule has 0 radical (unpaired) electrons. The van der Waals surface area contributed by atoms with Gasteiger partial charge in [-0.3, -0.25) is 9.59 Å². The summed E-state index contributed by atoms with van der Waals surface area (Å²) in [6, 6.07) is 9.06. The van der Waals surface area contributed by atoms with Crippen LogP contribution in [0.2, 0.25) is 0 Å². The van der Waals surface area contributed by atoms with Gasteiger partial charge >= 0.3 is 6.18 Å². The number of anilines is 1. The number of pyridine rings is 1. The standard InChI is InChI=1S/C19H18F3N3O2/c20-19(21,22)13-8-3-4-9-14(13)25-18(27)16-11-5-10-15(24-16)17(26)23-12-6-1-2-7-12/h3-5,8-12H,1-2,6-7H2,(H,23,26)(H,25,27). The van der Waals surface area contributed by atoms with Crippen molar-refractivity contribution < 1.29 is 22.8 Å². The Labute approximate surface area is 154 Å². The van der Waals surface area contributed by atoms with Crippen LogP contribution in [0.3, 0.4) is 0 Å². The Morgan fingerprint density at radius 2 is 1.56 bits per heavy atom. The third-order valence-corrected chi connectivity index (χ3v) is 4.39. The minimum absolute atomic E-state index is 0.0543. The molecule has 1 aromatic heterocycles. The fourth-order valence-corrected chi connectivity index (χ4v) is 3.04. The van der Waals surface area contributed by atoms with Crippen LogP contribution >= 0.6 is 0 Å². The maximum atomic E-state index is 13.0. The second-order valence-corrected chi connectivity index (χ2v) is 6.36. The first-order valence-corrected chi connectivity index (χ1v) is 8.60. The van der Waals surface area contributed by atoms with E-state index in [9.17, 15) is 22.8 Å². The number of nitrogens with zero attached hydrogens (tertiary/aromatic N) is 1. The number of aromatic nitrogens is 1. The largest absolute Gasteiger partial charge is 0.418 e. The summed E-state index contributed by atoms with van der Waals surface area (Å²) in [6.07, 6.45) is -0.681. The molecule has 1 aliphatic rings. The van der Waals surface area contributed by atoms with Crippen LogP contribution in [0.15, 0.2) is 42.5 Å². The highest BCUT2D eigenvalue weighted by Crippen LogP contribution is 2.34. The van der Waals surface area contributed by atoms with E-state index >= 15 is 0 Å². The zero-order valence-electron chi connectivity index (χ0n) is 14.3. The van der Waals surface area contributed by atoms with Crippen molar-refractivity contribution in [2.45, 2.75) is 37.9 Å². The van der Waals surface area contributed by atoms with E-state index in [2.05, 4.69) is 15.6 Å². The lowest BCUT2D eigenvalue weighted by molar-refractivity contribution is -0.136. The number of halogens is 3. The highest BCUT2D eigenvalue weighted by molar-refractivity contribution is 6.04. The molecular formula is C19H18F3N3O2. The predicted molar refractivity (Wildman–Crippen MR) is 93.4 cm³/mol. The van der Waals surface area contributed by atoms with E-state index < -0.39 is 23.6 Å². The number of benzene rings is 1. The monoisotopic (exact) mass is 377 g/mol. The molecule has 142 valence electrons. The topological polar surface area (TPSA) is 71.1 Å². The van der Waals surface area contributed by atoms with Crippen molar-refractivity contribution in [1.29, 1.82) is 0 Å². The first kappa shape index (κ1) is 18.9. The lowest BCUT2D eigenvalue weighted by atomic mass is 10.1. The van der Waals surface area contributed by atoms with E-state index in [1.165, 1.54) is 30.3 Å². The van der Waals surface area contributed by atoms with Crippen LogP contribution in [0.5, 0.6) is 0 Å². The summed E-state index contributed by atoms with van der Waals surface area (Å²) >= 11 is 0. The third kappa shape index (κ3) is 4.64. The Bertz CT molecular complexity index is 846. The molecule has 1 aromatic carbocycles. The van der Waals surface area contributed by atoms with Gasteiger partial charge in [0.1, 0.15) is 11.4 Å². The summed E-state index contributed by atoms with van der Waals surface area (Å²) in [5.74, 6) is -1.21. The minimum atomic E-state index is -4.60. The van der Waals surface area contributed by atoms with E-state index in [0.29, 0.717) is 0 Å². The fourth-order valence-electron chi connectivity index (χ4n) is 3.04. The minimum Gasteiger partial charge on any atom is -0.348 e. The molecule has 2 N–H and O–H groups in total. The average molecular weight is 377 g/mol. The number of hydrogen-bond donors (Lipinski definition) is 2. The Morgan fingerprint density at radius 3 is 2.22 bits per heavy atom. The molecule has 8 heteroatoms. The fraction of sp³-hybridized carbons (Fsp3) is 0.316. The van der Waals surface area contributed by atoms with Crippen molar-refractivity contribution in [1.82, 2.24) is 10.3 Å². The summed E-state index contributed by atoms with van der Waals surface area (Å²) in [5.41, 5.74) is -1.39. The maximum Gasteiger partial charge on any atom is 0.418 e. The summed E-state index contributed by atoms with van der Waals surface area (Å²) in [5, 5.41) is 5.08. The zero-order valence-corrected chi connectivity index (χ0v) is 14.3. The van der Waals surface area contributed by atoms with Gasteiger partial charge in [-0.05, 0) is 37.1 Å². The van der Waals surface area contributed by atoms with Gasteiger partial charge in [-0.2, -0.15) is 13.2 Å². The van der Waals surface area contributed by atoms with Crippen LogP contribution in [0.1, 0.15) is 52.2 Å². The number of carbonyl (C=O) groups excluding carboxylic acids is 2. The van der Waals surface area contributed by atoms with Crippen molar-refractivity contribution in [2.24, 2.45) is 0 Å². The lowest BCUT2D eigenvalue weighted by Gasteiger charge is -2.14. The van der Waals surface area contributed by atoms with Gasteiger partial charge in [0.05, 0.1) is 11.3 Å². The van der Waals surface area contributed by atoms with E-state index in [4.69, 9.17) is 0 Å². The molecule has 1 heterocycles. The third-order valence-electron chi connectivity index (χ3n) is 4.39. The normalized spacial score (nSPS) is 14.8. The van der Waals surface area contributed by atoms with Crippen LogP contribution in [-0.4, -0.2) is 22.8 Å². The maximum absolute atomic E-state index is 13.0. The molecule has 1 aliphatic carbocycles. The van der Waals surface area contributed by atoms with Gasteiger partial charge in [-0.1, -0.05) is 31.0 Å². The van der Waals surface area contributed by atoms with E-state index in [-0.39, 0.29) is 23.1 Å². The van der Waals surface area contributed by atoms with Gasteiger partial charge in [-0.15, -0.1) is 0 Å². The molecule has 3 rings (SSSR count). The number of alkyl halides is 3. The second kappa shape index (κ2) is 7.77. The van der Waals surface area contributed by atoms with E-state index in [1.807, 2.05) is 0 Å². The summed E-state index contributed by atoms with van der Waals surface area (Å²) in [4.78, 5) is 28.6. The summed E-state index contributed by atoms with van der Waals surface area (Å²) in [7, 11) is 0. The molecule has 2 amide bonds. The van der Waals surface area contributed by atoms with Crippen molar-refractivity contribution >= 4 is 17.5 Å². The number of hydrogen-bond acceptors (Lipinski definition) is 3. The van der Waals surface area contributed by atoms with Gasteiger partial charge in [0.2, 0.25) is 0 Å².